The summed E-state index contributed by atoms with van der Waals surface area (Å²) in [7, 11) is 0. The van der Waals surface area contributed by atoms with Gasteiger partial charge in [-0.25, -0.2) is 0 Å². The van der Waals surface area contributed by atoms with Crippen LogP contribution in [0.25, 0.3) is 0 Å². The summed E-state index contributed by atoms with van der Waals surface area (Å²) in [5.74, 6) is 0. The van der Waals surface area contributed by atoms with Gasteiger partial charge in [-0.05, 0) is 42.9 Å². The van der Waals surface area contributed by atoms with Crippen LogP contribution in [-0.4, -0.2) is 6.04 Å². The van der Waals surface area contributed by atoms with E-state index < -0.39 is 0 Å². The molecule has 0 amide bonds. The molecule has 0 heterocycles. The van der Waals surface area contributed by atoms with E-state index in [2.05, 4.69) is 30.4 Å². The number of nitrogens with one attached hydrogen (secondary N) is 1. The topological polar surface area (TPSA) is 12.0 Å². The van der Waals surface area contributed by atoms with E-state index in [4.69, 9.17) is 11.6 Å². The first-order valence-corrected chi connectivity index (χ1v) is 6.68. The van der Waals surface area contributed by atoms with E-state index >= 15 is 0 Å². The van der Waals surface area contributed by atoms with Crippen LogP contribution in [0.1, 0.15) is 43.7 Å². The number of aryl methyl sites for hydroxylation is 1. The molecule has 1 aliphatic rings. The molecule has 88 valence electrons. The number of unbranched alkanes of at least 4 members (excludes halogenated alkanes) is 1. The van der Waals surface area contributed by atoms with Crippen LogP contribution < -0.4 is 5.32 Å². The first-order valence-electron chi connectivity index (χ1n) is 6.30. The van der Waals surface area contributed by atoms with Crippen LogP contribution in [0.4, 0.5) is 0 Å². The van der Waals surface area contributed by atoms with E-state index in [1.54, 1.807) is 0 Å². The third kappa shape index (κ3) is 3.50. The van der Waals surface area contributed by atoms with E-state index in [-0.39, 0.29) is 0 Å². The molecule has 0 bridgehead atoms. The molecule has 1 saturated carbocycles. The van der Waals surface area contributed by atoms with Gasteiger partial charge in [0.1, 0.15) is 0 Å². The highest BCUT2D eigenvalue weighted by molar-refractivity contribution is 6.31. The third-order valence-electron chi connectivity index (χ3n) is 3.09. The maximum absolute atomic E-state index is 6.27. The molecule has 0 atom stereocenters. The lowest BCUT2D eigenvalue weighted by molar-refractivity contribution is 0.687. The number of halogens is 1. The molecule has 0 spiro atoms. The molecule has 1 aromatic rings. The van der Waals surface area contributed by atoms with Crippen molar-refractivity contribution in [3.8, 4) is 0 Å². The summed E-state index contributed by atoms with van der Waals surface area (Å²) in [5.41, 5.74) is 2.59. The standard InChI is InChI=1S/C14H20ClN/c1-2-3-4-12-6-5-11(9-14(12)15)10-16-13-7-8-13/h5-6,9,13,16H,2-4,7-8,10H2,1H3. The highest BCUT2D eigenvalue weighted by Gasteiger charge is 2.19. The van der Waals surface area contributed by atoms with Gasteiger partial charge in [0.25, 0.3) is 0 Å². The first-order chi connectivity index (χ1) is 7.79. The largest absolute Gasteiger partial charge is 0.310 e. The van der Waals surface area contributed by atoms with Crippen LogP contribution >= 0.6 is 11.6 Å². The summed E-state index contributed by atoms with van der Waals surface area (Å²) in [6, 6.07) is 7.26. The number of hydrogen-bond donors (Lipinski definition) is 1. The van der Waals surface area contributed by atoms with Gasteiger partial charge < -0.3 is 5.32 Å². The Bertz CT molecular complexity index is 345. The van der Waals surface area contributed by atoms with E-state index in [0.29, 0.717) is 0 Å². The number of hydrogen-bond acceptors (Lipinski definition) is 1. The van der Waals surface area contributed by atoms with Crippen molar-refractivity contribution in [1.29, 1.82) is 0 Å². The Morgan fingerprint density at radius 3 is 2.81 bits per heavy atom. The Kier molecular flexibility index (Phi) is 4.25. The SMILES string of the molecule is CCCCc1ccc(CNC2CC2)cc1Cl. The average Bonchev–Trinajstić information content (AvgIpc) is 3.09. The van der Waals surface area contributed by atoms with E-state index in [0.717, 1.165) is 24.0 Å². The van der Waals surface area contributed by atoms with Gasteiger partial charge in [-0.3, -0.25) is 0 Å². The predicted octanol–water partition coefficient (Wildman–Crippen LogP) is 3.93. The quantitative estimate of drug-likeness (QED) is 0.791. The Hall–Kier alpha value is -0.530. The smallest absolute Gasteiger partial charge is 0.0441 e. The van der Waals surface area contributed by atoms with Gasteiger partial charge in [0, 0.05) is 17.6 Å². The molecule has 16 heavy (non-hydrogen) atoms. The second-order valence-corrected chi connectivity index (χ2v) is 5.09. The molecular formula is C14H20ClN. The zero-order valence-corrected chi connectivity index (χ0v) is 10.7. The highest BCUT2D eigenvalue weighted by Crippen LogP contribution is 2.22. The summed E-state index contributed by atoms with van der Waals surface area (Å²) in [5, 5.41) is 4.44. The molecule has 2 rings (SSSR count). The van der Waals surface area contributed by atoms with Crippen molar-refractivity contribution in [2.75, 3.05) is 0 Å². The minimum Gasteiger partial charge on any atom is -0.310 e. The van der Waals surface area contributed by atoms with E-state index in [9.17, 15) is 0 Å². The van der Waals surface area contributed by atoms with E-state index in [1.165, 1.54) is 36.8 Å². The van der Waals surface area contributed by atoms with Crippen LogP contribution in [0.2, 0.25) is 5.02 Å². The molecule has 1 aromatic carbocycles. The Morgan fingerprint density at radius 2 is 2.19 bits per heavy atom. The molecule has 0 radical (unpaired) electrons. The summed E-state index contributed by atoms with van der Waals surface area (Å²) >= 11 is 6.27. The van der Waals surface area contributed by atoms with Crippen molar-refractivity contribution in [2.45, 2.75) is 51.6 Å². The van der Waals surface area contributed by atoms with Crippen LogP contribution in [0.3, 0.4) is 0 Å². The summed E-state index contributed by atoms with van der Waals surface area (Å²) < 4.78 is 0. The molecule has 0 saturated heterocycles. The Balaban J connectivity index is 1.91. The maximum atomic E-state index is 6.27. The minimum atomic E-state index is 0.763. The highest BCUT2D eigenvalue weighted by atomic mass is 35.5. The Morgan fingerprint density at radius 1 is 1.38 bits per heavy atom. The molecule has 0 aliphatic heterocycles. The lowest BCUT2D eigenvalue weighted by Crippen LogP contribution is -2.15. The lowest BCUT2D eigenvalue weighted by atomic mass is 10.1. The normalized spacial score (nSPS) is 15.4. The number of rotatable bonds is 6. The van der Waals surface area contributed by atoms with Crippen molar-refractivity contribution >= 4 is 11.6 Å². The third-order valence-corrected chi connectivity index (χ3v) is 3.44. The second kappa shape index (κ2) is 5.70. The van der Waals surface area contributed by atoms with Gasteiger partial charge in [0.15, 0.2) is 0 Å². The molecule has 2 heteroatoms. The predicted molar refractivity (Wildman–Crippen MR) is 69.9 cm³/mol. The van der Waals surface area contributed by atoms with Crippen LogP contribution in [0.15, 0.2) is 18.2 Å². The van der Waals surface area contributed by atoms with Gasteiger partial charge in [0.2, 0.25) is 0 Å². The molecular weight excluding hydrogens is 218 g/mol. The van der Waals surface area contributed by atoms with Crippen molar-refractivity contribution < 1.29 is 0 Å². The summed E-state index contributed by atoms with van der Waals surface area (Å²) in [6.07, 6.45) is 6.22. The lowest BCUT2D eigenvalue weighted by Gasteiger charge is -2.07. The molecule has 0 aromatic heterocycles. The van der Waals surface area contributed by atoms with Crippen LogP contribution in [0.5, 0.6) is 0 Å². The van der Waals surface area contributed by atoms with Gasteiger partial charge >= 0.3 is 0 Å². The van der Waals surface area contributed by atoms with Crippen molar-refractivity contribution in [2.24, 2.45) is 0 Å². The van der Waals surface area contributed by atoms with E-state index in [1.807, 2.05) is 0 Å². The zero-order chi connectivity index (χ0) is 11.4. The fourth-order valence-corrected chi connectivity index (χ4v) is 2.12. The minimum absolute atomic E-state index is 0.763. The number of benzene rings is 1. The summed E-state index contributed by atoms with van der Waals surface area (Å²) in [4.78, 5) is 0. The first kappa shape index (κ1) is 11.9. The van der Waals surface area contributed by atoms with Gasteiger partial charge in [0.05, 0.1) is 0 Å². The van der Waals surface area contributed by atoms with Gasteiger partial charge in [-0.2, -0.15) is 0 Å². The fraction of sp³-hybridized carbons (Fsp3) is 0.571. The zero-order valence-electron chi connectivity index (χ0n) is 9.93. The monoisotopic (exact) mass is 237 g/mol. The maximum Gasteiger partial charge on any atom is 0.0441 e. The molecule has 0 unspecified atom stereocenters. The molecule has 1 aliphatic carbocycles. The van der Waals surface area contributed by atoms with Crippen LogP contribution in [-0.2, 0) is 13.0 Å². The average molecular weight is 238 g/mol. The van der Waals surface area contributed by atoms with Gasteiger partial charge in [-0.15, -0.1) is 0 Å². The fourth-order valence-electron chi connectivity index (χ4n) is 1.82. The van der Waals surface area contributed by atoms with Crippen LogP contribution in [0, 0.1) is 0 Å². The Labute approximate surface area is 103 Å². The van der Waals surface area contributed by atoms with Crippen molar-refractivity contribution in [1.82, 2.24) is 5.32 Å². The second-order valence-electron chi connectivity index (χ2n) is 4.68. The van der Waals surface area contributed by atoms with Crippen molar-refractivity contribution in [3.63, 3.8) is 0 Å². The van der Waals surface area contributed by atoms with Crippen molar-refractivity contribution in [3.05, 3.63) is 34.3 Å². The molecule has 1 N–H and O–H groups in total. The summed E-state index contributed by atoms with van der Waals surface area (Å²) in [6.45, 7) is 3.17. The molecule has 1 fully saturated rings. The molecule has 1 nitrogen and oxygen atoms in total. The van der Waals surface area contributed by atoms with Gasteiger partial charge in [-0.1, -0.05) is 37.1 Å².